The van der Waals surface area contributed by atoms with Gasteiger partial charge in [-0.05, 0) is 37.0 Å². The molecule has 1 fully saturated rings. The molecule has 3 heterocycles. The number of piperidine rings is 1. The number of carbonyl (C=O) groups is 1. The average molecular weight is 312 g/mol. The Bertz CT molecular complexity index is 673. The van der Waals surface area contributed by atoms with E-state index < -0.39 is 0 Å². The van der Waals surface area contributed by atoms with Gasteiger partial charge in [0.1, 0.15) is 5.76 Å². The van der Waals surface area contributed by atoms with E-state index in [0.29, 0.717) is 11.3 Å². The first-order chi connectivity index (χ1) is 11.2. The number of nitrogens with zero attached hydrogens (tertiary/aromatic N) is 3. The molecule has 2 aromatic heterocycles. The molecule has 2 aromatic rings. The Morgan fingerprint density at radius 3 is 2.78 bits per heavy atom. The average Bonchev–Trinajstić information content (AvgIpc) is 3.05. The maximum atomic E-state index is 11.8. The molecule has 23 heavy (non-hydrogen) atoms. The molecule has 0 spiro atoms. The quantitative estimate of drug-likeness (QED) is 0.696. The molecule has 1 saturated heterocycles. The lowest BCUT2D eigenvalue weighted by Crippen LogP contribution is -2.32. The van der Waals surface area contributed by atoms with Gasteiger partial charge in [0, 0.05) is 37.1 Å². The lowest BCUT2D eigenvalue weighted by Gasteiger charge is -2.29. The van der Waals surface area contributed by atoms with Crippen LogP contribution < -0.4 is 10.3 Å². The van der Waals surface area contributed by atoms with Crippen molar-refractivity contribution in [3.05, 3.63) is 48.0 Å². The summed E-state index contributed by atoms with van der Waals surface area (Å²) in [4.78, 5) is 17.9. The van der Waals surface area contributed by atoms with Crippen molar-refractivity contribution in [2.24, 2.45) is 11.0 Å². The number of pyridine rings is 1. The van der Waals surface area contributed by atoms with E-state index in [0.717, 1.165) is 24.9 Å². The van der Waals surface area contributed by atoms with Crippen molar-refractivity contribution in [3.63, 3.8) is 0 Å². The fourth-order valence-corrected chi connectivity index (χ4v) is 2.53. The SMILES string of the molecule is CC1CCN(c2ccc(/C=N\NC(=O)c3ccncc3)o2)CC1. The maximum absolute atomic E-state index is 11.8. The molecule has 0 radical (unpaired) electrons. The summed E-state index contributed by atoms with van der Waals surface area (Å²) in [7, 11) is 0. The lowest BCUT2D eigenvalue weighted by molar-refractivity contribution is 0.0955. The molecule has 120 valence electrons. The number of nitrogens with one attached hydrogen (secondary N) is 1. The number of hydrogen-bond donors (Lipinski definition) is 1. The molecule has 0 aromatic carbocycles. The number of aromatic nitrogens is 1. The normalized spacial score (nSPS) is 16.0. The van der Waals surface area contributed by atoms with Gasteiger partial charge in [-0.25, -0.2) is 5.43 Å². The minimum atomic E-state index is -0.277. The number of hydrogen-bond acceptors (Lipinski definition) is 5. The molecule has 1 N–H and O–H groups in total. The third-order valence-electron chi connectivity index (χ3n) is 4.01. The predicted octanol–water partition coefficient (Wildman–Crippen LogP) is 2.67. The highest BCUT2D eigenvalue weighted by molar-refractivity contribution is 5.94. The van der Waals surface area contributed by atoms with E-state index in [4.69, 9.17) is 4.42 Å². The molecule has 6 nitrogen and oxygen atoms in total. The molecule has 1 aliphatic heterocycles. The van der Waals surface area contributed by atoms with Crippen molar-refractivity contribution in [1.82, 2.24) is 10.4 Å². The van der Waals surface area contributed by atoms with Crippen LogP contribution in [0.2, 0.25) is 0 Å². The van der Waals surface area contributed by atoms with Crippen LogP contribution in [0.3, 0.4) is 0 Å². The second-order valence-electron chi connectivity index (χ2n) is 5.78. The Labute approximate surface area is 135 Å². The number of carbonyl (C=O) groups excluding carboxylic acids is 1. The van der Waals surface area contributed by atoms with Gasteiger partial charge in [-0.1, -0.05) is 6.92 Å². The van der Waals surface area contributed by atoms with Gasteiger partial charge in [0.05, 0.1) is 6.21 Å². The molecule has 6 heteroatoms. The summed E-state index contributed by atoms with van der Waals surface area (Å²) in [5.41, 5.74) is 2.98. The number of furan rings is 1. The summed E-state index contributed by atoms with van der Waals surface area (Å²) >= 11 is 0. The van der Waals surface area contributed by atoms with Crippen LogP contribution in [0, 0.1) is 5.92 Å². The summed E-state index contributed by atoms with van der Waals surface area (Å²) in [6.45, 7) is 4.32. The Balaban J connectivity index is 1.55. The van der Waals surface area contributed by atoms with Crippen LogP contribution in [0.5, 0.6) is 0 Å². The van der Waals surface area contributed by atoms with Gasteiger partial charge in [0.2, 0.25) is 0 Å². The highest BCUT2D eigenvalue weighted by Gasteiger charge is 2.18. The first-order valence-electron chi connectivity index (χ1n) is 7.80. The Morgan fingerprint density at radius 1 is 1.30 bits per heavy atom. The van der Waals surface area contributed by atoms with Crippen LogP contribution in [0.1, 0.15) is 35.9 Å². The van der Waals surface area contributed by atoms with Crippen LogP contribution in [-0.2, 0) is 0 Å². The Kier molecular flexibility index (Phi) is 4.71. The van der Waals surface area contributed by atoms with Crippen LogP contribution in [0.4, 0.5) is 5.88 Å². The van der Waals surface area contributed by atoms with E-state index >= 15 is 0 Å². The molecule has 0 atom stereocenters. The van der Waals surface area contributed by atoms with Crippen molar-refractivity contribution in [1.29, 1.82) is 0 Å². The molecular weight excluding hydrogens is 292 g/mol. The Hall–Kier alpha value is -2.63. The van der Waals surface area contributed by atoms with Gasteiger partial charge in [0.15, 0.2) is 5.88 Å². The number of anilines is 1. The summed E-state index contributed by atoms with van der Waals surface area (Å²) in [6, 6.07) is 7.07. The van der Waals surface area contributed by atoms with Crippen LogP contribution in [0.25, 0.3) is 0 Å². The lowest BCUT2D eigenvalue weighted by atomic mass is 9.99. The van der Waals surface area contributed by atoms with Crippen LogP contribution in [-0.4, -0.2) is 30.2 Å². The van der Waals surface area contributed by atoms with E-state index in [1.165, 1.54) is 19.1 Å². The molecule has 0 saturated carbocycles. The van der Waals surface area contributed by atoms with Gasteiger partial charge in [-0.2, -0.15) is 5.10 Å². The molecule has 0 unspecified atom stereocenters. The summed E-state index contributed by atoms with van der Waals surface area (Å²) in [5.74, 6) is 1.98. The van der Waals surface area contributed by atoms with E-state index in [1.54, 1.807) is 24.5 Å². The van der Waals surface area contributed by atoms with Crippen molar-refractivity contribution in [2.45, 2.75) is 19.8 Å². The third kappa shape index (κ3) is 3.97. The smallest absolute Gasteiger partial charge is 0.271 e. The topological polar surface area (TPSA) is 70.7 Å². The minimum Gasteiger partial charge on any atom is -0.440 e. The number of hydrazone groups is 1. The highest BCUT2D eigenvalue weighted by Crippen LogP contribution is 2.24. The van der Waals surface area contributed by atoms with E-state index in [1.807, 2.05) is 12.1 Å². The fraction of sp³-hybridized carbons (Fsp3) is 0.353. The van der Waals surface area contributed by atoms with Crippen LogP contribution in [0.15, 0.2) is 46.2 Å². The highest BCUT2D eigenvalue weighted by atomic mass is 16.4. The molecule has 0 bridgehead atoms. The zero-order valence-corrected chi connectivity index (χ0v) is 13.1. The molecule has 3 rings (SSSR count). The zero-order valence-electron chi connectivity index (χ0n) is 13.1. The van der Waals surface area contributed by atoms with Crippen molar-refractivity contribution >= 4 is 18.0 Å². The molecule has 1 amide bonds. The largest absolute Gasteiger partial charge is 0.440 e. The monoisotopic (exact) mass is 312 g/mol. The van der Waals surface area contributed by atoms with Crippen LogP contribution >= 0.6 is 0 Å². The second-order valence-corrected chi connectivity index (χ2v) is 5.78. The van der Waals surface area contributed by atoms with Gasteiger partial charge < -0.3 is 9.32 Å². The Morgan fingerprint density at radius 2 is 2.04 bits per heavy atom. The minimum absolute atomic E-state index is 0.277. The predicted molar refractivity (Wildman–Crippen MR) is 88.6 cm³/mol. The van der Waals surface area contributed by atoms with Gasteiger partial charge >= 0.3 is 0 Å². The summed E-state index contributed by atoms with van der Waals surface area (Å²) in [6.07, 6.45) is 7.02. The van der Waals surface area contributed by atoms with E-state index in [2.05, 4.69) is 27.3 Å². The van der Waals surface area contributed by atoms with Gasteiger partial charge in [-0.15, -0.1) is 0 Å². The van der Waals surface area contributed by atoms with E-state index in [-0.39, 0.29) is 5.91 Å². The fourth-order valence-electron chi connectivity index (χ4n) is 2.53. The first kappa shape index (κ1) is 15.3. The zero-order chi connectivity index (χ0) is 16.1. The summed E-state index contributed by atoms with van der Waals surface area (Å²) in [5, 5.41) is 3.93. The molecule has 1 aliphatic rings. The van der Waals surface area contributed by atoms with Gasteiger partial charge in [0.25, 0.3) is 5.91 Å². The van der Waals surface area contributed by atoms with Gasteiger partial charge in [-0.3, -0.25) is 9.78 Å². The first-order valence-corrected chi connectivity index (χ1v) is 7.80. The van der Waals surface area contributed by atoms with E-state index in [9.17, 15) is 4.79 Å². The molecular formula is C17H20N4O2. The van der Waals surface area contributed by atoms with Crippen molar-refractivity contribution in [2.75, 3.05) is 18.0 Å². The van der Waals surface area contributed by atoms with Crippen molar-refractivity contribution in [3.8, 4) is 0 Å². The molecule has 0 aliphatic carbocycles. The summed E-state index contributed by atoms with van der Waals surface area (Å²) < 4.78 is 5.76. The number of rotatable bonds is 4. The maximum Gasteiger partial charge on any atom is 0.271 e. The standard InChI is InChI=1S/C17H20N4O2/c1-13-6-10-21(11-7-13)16-3-2-15(23-16)12-19-20-17(22)14-4-8-18-9-5-14/h2-5,8-9,12-13H,6-7,10-11H2,1H3,(H,20,22)/b19-12-. The third-order valence-corrected chi connectivity index (χ3v) is 4.01. The second kappa shape index (κ2) is 7.09. The van der Waals surface area contributed by atoms with Crippen molar-refractivity contribution < 1.29 is 9.21 Å². The number of amides is 1.